The maximum Gasteiger partial charge on any atom is 0.253 e. The molecule has 6 nitrogen and oxygen atoms in total. The molecule has 0 saturated carbocycles. The molecule has 126 valence electrons. The minimum Gasteiger partial charge on any atom is -0.497 e. The van der Waals surface area contributed by atoms with Crippen LogP contribution in [0.1, 0.15) is 22.3 Å². The molecule has 1 N–H and O–H groups in total. The number of amides is 1. The third kappa shape index (κ3) is 4.23. The zero-order valence-corrected chi connectivity index (χ0v) is 13.5. The summed E-state index contributed by atoms with van der Waals surface area (Å²) in [5.74, 6) is 1.09. The van der Waals surface area contributed by atoms with E-state index in [9.17, 15) is 4.79 Å². The van der Waals surface area contributed by atoms with Gasteiger partial charge in [0.05, 0.1) is 25.9 Å². The number of rotatable bonds is 6. The molecular formula is C18H20N2O4. The fourth-order valence-corrected chi connectivity index (χ4v) is 2.43. The highest BCUT2D eigenvalue weighted by Crippen LogP contribution is 2.15. The Kier molecular flexibility index (Phi) is 5.28. The van der Waals surface area contributed by atoms with Gasteiger partial charge in [0, 0.05) is 25.2 Å². The summed E-state index contributed by atoms with van der Waals surface area (Å²) in [7, 11) is 1.62. The molecule has 2 aromatic rings. The molecule has 6 heteroatoms. The number of ether oxygens (including phenoxy) is 3. The Morgan fingerprint density at radius 2 is 2.29 bits per heavy atom. The molecule has 0 unspecified atom stereocenters. The number of hydrogen-bond donors (Lipinski definition) is 1. The van der Waals surface area contributed by atoms with Crippen LogP contribution in [-0.4, -0.2) is 37.3 Å². The number of carbonyl (C=O) groups is 1. The molecule has 24 heavy (non-hydrogen) atoms. The summed E-state index contributed by atoms with van der Waals surface area (Å²) in [6.45, 7) is 1.73. The molecule has 1 aromatic heterocycles. The second-order valence-corrected chi connectivity index (χ2v) is 5.52. The van der Waals surface area contributed by atoms with Crippen molar-refractivity contribution in [2.45, 2.75) is 19.1 Å². The van der Waals surface area contributed by atoms with Gasteiger partial charge in [0.2, 0.25) is 5.88 Å². The fourth-order valence-electron chi connectivity index (χ4n) is 2.43. The largest absolute Gasteiger partial charge is 0.497 e. The maximum atomic E-state index is 12.2. The van der Waals surface area contributed by atoms with Crippen LogP contribution in [0.3, 0.4) is 0 Å². The third-order valence-electron chi connectivity index (χ3n) is 3.76. The molecule has 0 radical (unpaired) electrons. The second kappa shape index (κ2) is 7.79. The normalized spacial score (nSPS) is 16.6. The number of benzene rings is 1. The molecule has 1 aliphatic heterocycles. The van der Waals surface area contributed by atoms with Gasteiger partial charge >= 0.3 is 0 Å². The Hall–Kier alpha value is -2.60. The molecule has 0 spiro atoms. The van der Waals surface area contributed by atoms with Gasteiger partial charge in [-0.3, -0.25) is 4.79 Å². The van der Waals surface area contributed by atoms with Crippen LogP contribution in [-0.2, 0) is 11.3 Å². The van der Waals surface area contributed by atoms with E-state index in [4.69, 9.17) is 14.2 Å². The Labute approximate surface area is 140 Å². The van der Waals surface area contributed by atoms with Gasteiger partial charge in [0.25, 0.3) is 5.91 Å². The maximum absolute atomic E-state index is 12.2. The van der Waals surface area contributed by atoms with Gasteiger partial charge in [0.1, 0.15) is 11.9 Å². The van der Waals surface area contributed by atoms with Crippen molar-refractivity contribution in [3.8, 4) is 11.6 Å². The van der Waals surface area contributed by atoms with E-state index in [0.717, 1.165) is 24.3 Å². The van der Waals surface area contributed by atoms with Gasteiger partial charge in [-0.15, -0.1) is 0 Å². The molecule has 0 bridgehead atoms. The van der Waals surface area contributed by atoms with Gasteiger partial charge in [-0.2, -0.15) is 0 Å². The van der Waals surface area contributed by atoms with Gasteiger partial charge < -0.3 is 19.5 Å². The van der Waals surface area contributed by atoms with Gasteiger partial charge in [-0.1, -0.05) is 12.1 Å². The molecular weight excluding hydrogens is 308 g/mol. The predicted octanol–water partition coefficient (Wildman–Crippen LogP) is 2.19. The van der Waals surface area contributed by atoms with Crippen molar-refractivity contribution in [2.75, 3.05) is 20.3 Å². The summed E-state index contributed by atoms with van der Waals surface area (Å²) < 4.78 is 16.1. The van der Waals surface area contributed by atoms with E-state index in [0.29, 0.717) is 24.6 Å². The van der Waals surface area contributed by atoms with Crippen molar-refractivity contribution in [1.29, 1.82) is 0 Å². The second-order valence-electron chi connectivity index (χ2n) is 5.52. The zero-order valence-electron chi connectivity index (χ0n) is 13.5. The van der Waals surface area contributed by atoms with Crippen molar-refractivity contribution in [1.82, 2.24) is 10.3 Å². The van der Waals surface area contributed by atoms with E-state index in [-0.39, 0.29) is 12.0 Å². The third-order valence-corrected chi connectivity index (χ3v) is 3.76. The lowest BCUT2D eigenvalue weighted by atomic mass is 10.2. The number of hydrogen-bond acceptors (Lipinski definition) is 5. The molecule has 1 fully saturated rings. The van der Waals surface area contributed by atoms with Crippen LogP contribution in [0.4, 0.5) is 0 Å². The van der Waals surface area contributed by atoms with Crippen LogP contribution in [0, 0.1) is 0 Å². The summed E-state index contributed by atoms with van der Waals surface area (Å²) in [6.07, 6.45) is 2.43. The molecule has 1 atom stereocenters. The number of pyridine rings is 1. The number of carbonyl (C=O) groups excluding carboxylic acids is 1. The highest BCUT2D eigenvalue weighted by molar-refractivity contribution is 5.93. The first-order chi connectivity index (χ1) is 11.7. The highest BCUT2D eigenvalue weighted by Gasteiger charge is 2.17. The van der Waals surface area contributed by atoms with Crippen molar-refractivity contribution >= 4 is 5.91 Å². The van der Waals surface area contributed by atoms with Crippen LogP contribution in [0.5, 0.6) is 11.6 Å². The molecule has 1 saturated heterocycles. The van der Waals surface area contributed by atoms with Crippen LogP contribution >= 0.6 is 0 Å². The highest BCUT2D eigenvalue weighted by atomic mass is 16.5. The molecule has 0 aliphatic carbocycles. The van der Waals surface area contributed by atoms with Gasteiger partial charge in [-0.25, -0.2) is 4.98 Å². The first kappa shape index (κ1) is 16.3. The van der Waals surface area contributed by atoms with Crippen LogP contribution in [0.15, 0.2) is 42.6 Å². The summed E-state index contributed by atoms with van der Waals surface area (Å²) >= 11 is 0. The van der Waals surface area contributed by atoms with Gasteiger partial charge in [0.15, 0.2) is 0 Å². The average Bonchev–Trinajstić information content (AvgIpc) is 3.13. The predicted molar refractivity (Wildman–Crippen MR) is 88.3 cm³/mol. The van der Waals surface area contributed by atoms with Crippen LogP contribution in [0.2, 0.25) is 0 Å². The molecule has 3 rings (SSSR count). The van der Waals surface area contributed by atoms with E-state index in [1.807, 2.05) is 24.3 Å². The first-order valence-corrected chi connectivity index (χ1v) is 7.86. The lowest BCUT2D eigenvalue weighted by Crippen LogP contribution is -2.23. The lowest BCUT2D eigenvalue weighted by Gasteiger charge is -2.11. The summed E-state index contributed by atoms with van der Waals surface area (Å²) in [5.41, 5.74) is 1.46. The van der Waals surface area contributed by atoms with E-state index in [1.54, 1.807) is 19.2 Å². The van der Waals surface area contributed by atoms with E-state index in [1.165, 1.54) is 6.20 Å². The average molecular weight is 328 g/mol. The minimum absolute atomic E-state index is 0.0465. The van der Waals surface area contributed by atoms with E-state index >= 15 is 0 Å². The van der Waals surface area contributed by atoms with E-state index < -0.39 is 0 Å². The summed E-state index contributed by atoms with van der Waals surface area (Å²) in [5, 5.41) is 2.86. The molecule has 1 aromatic carbocycles. The first-order valence-electron chi connectivity index (χ1n) is 7.86. The SMILES string of the molecule is COc1cccc(CNC(=O)c2ccc(O[C@@H]3CCOC3)nc2)c1. The smallest absolute Gasteiger partial charge is 0.253 e. The van der Waals surface area contributed by atoms with Crippen molar-refractivity contribution in [3.63, 3.8) is 0 Å². The monoisotopic (exact) mass is 328 g/mol. The van der Waals surface area contributed by atoms with Gasteiger partial charge in [-0.05, 0) is 23.8 Å². The molecule has 1 amide bonds. The zero-order chi connectivity index (χ0) is 16.8. The summed E-state index contributed by atoms with van der Waals surface area (Å²) in [4.78, 5) is 16.4. The Bertz CT molecular complexity index is 682. The standard InChI is InChI=1S/C18H20N2O4/c1-22-15-4-2-3-13(9-15)10-20-18(21)14-5-6-17(19-11-14)24-16-7-8-23-12-16/h2-6,9,11,16H,7-8,10,12H2,1H3,(H,20,21)/t16-/m1/s1. The summed E-state index contributed by atoms with van der Waals surface area (Å²) in [6, 6.07) is 11.0. The minimum atomic E-state index is -0.180. The Balaban J connectivity index is 1.54. The van der Waals surface area contributed by atoms with Crippen LogP contribution < -0.4 is 14.8 Å². The topological polar surface area (TPSA) is 69.7 Å². The number of aromatic nitrogens is 1. The fraction of sp³-hybridized carbons (Fsp3) is 0.333. The number of nitrogens with one attached hydrogen (secondary N) is 1. The molecule has 2 heterocycles. The number of methoxy groups -OCH3 is 1. The Morgan fingerprint density at radius 1 is 1.38 bits per heavy atom. The van der Waals surface area contributed by atoms with Crippen molar-refractivity contribution in [3.05, 3.63) is 53.7 Å². The quantitative estimate of drug-likeness (QED) is 0.880. The van der Waals surface area contributed by atoms with Crippen molar-refractivity contribution < 1.29 is 19.0 Å². The molecule has 1 aliphatic rings. The Morgan fingerprint density at radius 3 is 3.00 bits per heavy atom. The van der Waals surface area contributed by atoms with Crippen LogP contribution in [0.25, 0.3) is 0 Å². The number of nitrogens with zero attached hydrogens (tertiary/aromatic N) is 1. The van der Waals surface area contributed by atoms with Crippen molar-refractivity contribution in [2.24, 2.45) is 0 Å². The lowest BCUT2D eigenvalue weighted by molar-refractivity contribution is 0.0950. The van der Waals surface area contributed by atoms with E-state index in [2.05, 4.69) is 10.3 Å².